The first-order valence-electron chi connectivity index (χ1n) is 24.6. The van der Waals surface area contributed by atoms with Crippen molar-refractivity contribution in [3.63, 3.8) is 0 Å². The van der Waals surface area contributed by atoms with Gasteiger partial charge in [0.15, 0.2) is 0 Å². The Hall–Kier alpha value is -6.18. The van der Waals surface area contributed by atoms with Gasteiger partial charge in [-0.05, 0) is 101 Å². The second-order valence-electron chi connectivity index (χ2n) is 10.9. The first kappa shape index (κ1) is 13.3. The quantitative estimate of drug-likeness (QED) is 0.142. The Morgan fingerprint density at radius 3 is 1.72 bits per heavy atom. The molecule has 0 unspecified atom stereocenters. The summed E-state index contributed by atoms with van der Waals surface area (Å²) in [6, 6.07) is 0.0477. The summed E-state index contributed by atoms with van der Waals surface area (Å²) in [4.78, 5) is 0. The highest BCUT2D eigenvalue weighted by Gasteiger charge is 2.20. The molecule has 1 aromatic heterocycles. The maximum absolute atomic E-state index is 9.98. The van der Waals surface area contributed by atoms with E-state index in [-0.39, 0.29) is 60.4 Å². The minimum Gasteiger partial charge on any atom is -0.456 e. The Morgan fingerprint density at radius 1 is 0.383 bits per heavy atom. The molecule has 0 atom stereocenters. The van der Waals surface area contributed by atoms with Crippen molar-refractivity contribution in [2.24, 2.45) is 0 Å². The Balaban J connectivity index is 1.42. The number of hydrogen-bond donors (Lipinski definition) is 0. The summed E-state index contributed by atoms with van der Waals surface area (Å²) in [5.74, 6) is 0. The summed E-state index contributed by atoms with van der Waals surface area (Å²) in [5.41, 5.74) is -1.44. The number of furan rings is 1. The predicted molar refractivity (Wildman–Crippen MR) is 200 cm³/mol. The van der Waals surface area contributed by atoms with Gasteiger partial charge in [-0.2, -0.15) is 0 Å². The average molecular weight is 617 g/mol. The standard InChI is InChI=1S/C46H28O/c1-2-16-32-30(13-1)28-41(34-18-4-3-17-33(32)34)29-14-11-15-31(27-29)44-35-19-5-7-21-37(35)45(38-22-8-6-20-36(38)44)40-24-12-26-43-46(40)39-23-9-10-25-42(39)47-43/h1-28H/i1D,2D,3D,4D,9D,10D,11D,12D,13D,14D,15D,16D,17D,18D,23D,24D,25D,26D,27D,28D. The van der Waals surface area contributed by atoms with Gasteiger partial charge in [-0.15, -0.1) is 0 Å². The normalized spacial score (nSPS) is 17.8. The summed E-state index contributed by atoms with van der Waals surface area (Å²) in [5, 5.41) is -0.607. The van der Waals surface area contributed by atoms with Gasteiger partial charge in [-0.3, -0.25) is 0 Å². The molecular weight excluding hydrogens is 569 g/mol. The molecule has 0 saturated carbocycles. The molecule has 0 amide bonds. The second-order valence-corrected chi connectivity index (χ2v) is 10.9. The van der Waals surface area contributed by atoms with Crippen LogP contribution in [0.3, 0.4) is 0 Å². The molecule has 10 aromatic rings. The minimum absolute atomic E-state index is 0.0144. The van der Waals surface area contributed by atoms with Crippen molar-refractivity contribution in [2.75, 3.05) is 0 Å². The van der Waals surface area contributed by atoms with Crippen molar-refractivity contribution in [1.29, 1.82) is 0 Å². The second kappa shape index (κ2) is 10.2. The van der Waals surface area contributed by atoms with Gasteiger partial charge in [-0.25, -0.2) is 0 Å². The molecule has 10 rings (SSSR count). The molecule has 218 valence electrons. The monoisotopic (exact) mass is 616 g/mol. The molecule has 0 saturated heterocycles. The molecule has 0 fully saturated rings. The van der Waals surface area contributed by atoms with Crippen LogP contribution < -0.4 is 0 Å². The zero-order chi connectivity index (χ0) is 48.3. The molecular formula is C46H28O. The maximum atomic E-state index is 9.98. The van der Waals surface area contributed by atoms with E-state index in [0.29, 0.717) is 10.8 Å². The minimum atomic E-state index is -0.775. The smallest absolute Gasteiger partial charge is 0.136 e. The van der Waals surface area contributed by atoms with Crippen LogP contribution >= 0.6 is 0 Å². The van der Waals surface area contributed by atoms with Gasteiger partial charge in [0.1, 0.15) is 11.2 Å². The van der Waals surface area contributed by atoms with E-state index in [9.17, 15) is 8.22 Å². The predicted octanol–water partition coefficient (Wildman–Crippen LogP) is 13.2. The van der Waals surface area contributed by atoms with Crippen LogP contribution in [0.4, 0.5) is 0 Å². The van der Waals surface area contributed by atoms with Crippen molar-refractivity contribution in [1.82, 2.24) is 0 Å². The lowest BCUT2D eigenvalue weighted by molar-refractivity contribution is 0.669. The fraction of sp³-hybridized carbons (Fsp3) is 0. The molecule has 0 aliphatic rings. The molecule has 47 heavy (non-hydrogen) atoms. The van der Waals surface area contributed by atoms with E-state index in [1.165, 1.54) is 0 Å². The zero-order valence-corrected chi connectivity index (χ0v) is 24.0. The van der Waals surface area contributed by atoms with E-state index in [4.69, 9.17) is 23.6 Å². The largest absolute Gasteiger partial charge is 0.456 e. The van der Waals surface area contributed by atoms with E-state index >= 15 is 0 Å². The lowest BCUT2D eigenvalue weighted by Gasteiger charge is -2.19. The fourth-order valence-corrected chi connectivity index (χ4v) is 6.46. The van der Waals surface area contributed by atoms with Crippen LogP contribution in [0, 0.1) is 0 Å². The van der Waals surface area contributed by atoms with Crippen molar-refractivity contribution >= 4 is 65.0 Å². The van der Waals surface area contributed by atoms with Crippen LogP contribution in [0.25, 0.3) is 98.4 Å². The Morgan fingerprint density at radius 2 is 0.957 bits per heavy atom. The summed E-state index contributed by atoms with van der Waals surface area (Å²) in [6.07, 6.45) is 0. The molecule has 1 nitrogen and oxygen atoms in total. The highest BCUT2D eigenvalue weighted by atomic mass is 16.3. The molecule has 0 aliphatic heterocycles. The number of para-hydroxylation sites is 1. The van der Waals surface area contributed by atoms with Crippen LogP contribution in [0.1, 0.15) is 27.4 Å². The van der Waals surface area contributed by atoms with Gasteiger partial charge in [0.05, 0.1) is 27.4 Å². The van der Waals surface area contributed by atoms with E-state index in [1.54, 1.807) is 48.5 Å². The number of rotatable bonds is 3. The van der Waals surface area contributed by atoms with E-state index in [0.717, 1.165) is 0 Å². The van der Waals surface area contributed by atoms with Gasteiger partial charge >= 0.3 is 0 Å². The summed E-state index contributed by atoms with van der Waals surface area (Å²) in [7, 11) is 0. The van der Waals surface area contributed by atoms with Crippen LogP contribution in [0.2, 0.25) is 0 Å². The topological polar surface area (TPSA) is 13.1 Å². The third-order valence-electron chi connectivity index (χ3n) is 8.38. The molecule has 0 bridgehead atoms. The molecule has 0 N–H and O–H groups in total. The molecule has 9 aromatic carbocycles. The molecule has 0 aliphatic carbocycles. The Bertz CT molecular complexity index is 3930. The van der Waals surface area contributed by atoms with Gasteiger partial charge in [0, 0.05) is 10.8 Å². The summed E-state index contributed by atoms with van der Waals surface area (Å²) >= 11 is 0. The lowest BCUT2D eigenvalue weighted by atomic mass is 9.84. The molecule has 1 heteroatoms. The molecule has 0 spiro atoms. The maximum Gasteiger partial charge on any atom is 0.136 e. The number of hydrogen-bond acceptors (Lipinski definition) is 1. The van der Waals surface area contributed by atoms with Crippen molar-refractivity contribution in [2.45, 2.75) is 0 Å². The summed E-state index contributed by atoms with van der Waals surface area (Å²) < 4.78 is 185. The van der Waals surface area contributed by atoms with E-state index in [1.807, 2.05) is 0 Å². The zero-order valence-electron chi connectivity index (χ0n) is 44.0. The van der Waals surface area contributed by atoms with E-state index in [2.05, 4.69) is 0 Å². The first-order chi connectivity index (χ1) is 31.7. The Labute approximate surface area is 300 Å². The molecule has 1 heterocycles. The van der Waals surface area contributed by atoms with Gasteiger partial charge in [0.2, 0.25) is 0 Å². The van der Waals surface area contributed by atoms with Crippen LogP contribution in [0.5, 0.6) is 0 Å². The van der Waals surface area contributed by atoms with Gasteiger partial charge < -0.3 is 4.42 Å². The highest BCUT2D eigenvalue weighted by Crippen LogP contribution is 2.47. The Kier molecular flexibility index (Phi) is 2.87. The van der Waals surface area contributed by atoms with Crippen molar-refractivity contribution in [3.8, 4) is 33.4 Å². The van der Waals surface area contributed by atoms with Gasteiger partial charge in [0.25, 0.3) is 0 Å². The third-order valence-corrected chi connectivity index (χ3v) is 8.38. The van der Waals surface area contributed by atoms with Gasteiger partial charge in [-0.1, -0.05) is 145 Å². The third kappa shape index (κ3) is 3.90. The van der Waals surface area contributed by atoms with Crippen LogP contribution in [0.15, 0.2) is 174 Å². The summed E-state index contributed by atoms with van der Waals surface area (Å²) in [6.45, 7) is 0. The first-order valence-corrected chi connectivity index (χ1v) is 14.6. The number of benzene rings is 9. The lowest BCUT2D eigenvalue weighted by Crippen LogP contribution is -1.92. The highest BCUT2D eigenvalue weighted by molar-refractivity contribution is 6.25. The van der Waals surface area contributed by atoms with Crippen LogP contribution in [-0.2, 0) is 0 Å². The average Bonchev–Trinajstić information content (AvgIpc) is 3.72. The van der Waals surface area contributed by atoms with Crippen LogP contribution in [-0.4, -0.2) is 0 Å². The van der Waals surface area contributed by atoms with Crippen molar-refractivity contribution in [3.05, 3.63) is 169 Å². The van der Waals surface area contributed by atoms with Crippen molar-refractivity contribution < 1.29 is 31.8 Å². The molecule has 0 radical (unpaired) electrons. The number of fused-ring (bicyclic) bond motifs is 8. The SMILES string of the molecule is [2H]c1c([2H])c(-c2c3ccccc3c(-c3c([2H])c([2H])c([2H])c4oc5c([2H])c([2H])c([2H])c([2H])c5c34)c3ccccc23)c([2H])c(-c2c([2H])c3c([2H])c([2H])c([2H])c([2H])c3c3c([2H])c([2H])c([2H])c([2H])c23)c1[2H]. The van der Waals surface area contributed by atoms with E-state index < -0.39 is 148 Å². The fourth-order valence-electron chi connectivity index (χ4n) is 6.46.